The van der Waals surface area contributed by atoms with Crippen LogP contribution >= 0.6 is 0 Å². The highest BCUT2D eigenvalue weighted by Gasteiger charge is 2.18. The molecule has 6 nitrogen and oxygen atoms in total. The highest BCUT2D eigenvalue weighted by atomic mass is 16.5. The Kier molecular flexibility index (Phi) is 6.44. The average Bonchev–Trinajstić information content (AvgIpc) is 3.21. The largest absolute Gasteiger partial charge is 0.497 e. The zero-order valence-corrected chi connectivity index (χ0v) is 15.4. The van der Waals surface area contributed by atoms with Crippen LogP contribution in [0.4, 0.5) is 5.69 Å². The third-order valence-corrected chi connectivity index (χ3v) is 4.48. The van der Waals surface area contributed by atoms with Gasteiger partial charge in [-0.15, -0.1) is 0 Å². The molecule has 1 saturated heterocycles. The zero-order chi connectivity index (χ0) is 19.1. The third kappa shape index (κ3) is 5.31. The summed E-state index contributed by atoms with van der Waals surface area (Å²) in [5.41, 5.74) is 1.81. The van der Waals surface area contributed by atoms with Gasteiger partial charge in [0.2, 0.25) is 5.91 Å². The molecule has 2 amide bonds. The van der Waals surface area contributed by atoms with Gasteiger partial charge in [-0.2, -0.15) is 0 Å². The number of rotatable bonds is 7. The van der Waals surface area contributed by atoms with Crippen molar-refractivity contribution in [3.05, 3.63) is 59.7 Å². The maximum absolute atomic E-state index is 12.5. The Morgan fingerprint density at radius 2 is 1.93 bits per heavy atom. The summed E-state index contributed by atoms with van der Waals surface area (Å²) in [5, 5.41) is 5.72. The van der Waals surface area contributed by atoms with Gasteiger partial charge in [0.25, 0.3) is 5.91 Å². The SMILES string of the molecule is COc1ccc(CC(=O)Nc2ccccc2C(=O)NC[C@@H]2CCCO2)cc1. The normalized spacial score (nSPS) is 16.0. The maximum Gasteiger partial charge on any atom is 0.253 e. The molecule has 1 fully saturated rings. The quantitative estimate of drug-likeness (QED) is 0.788. The summed E-state index contributed by atoms with van der Waals surface area (Å²) in [4.78, 5) is 24.9. The van der Waals surface area contributed by atoms with Gasteiger partial charge in [-0.3, -0.25) is 9.59 Å². The number of hydrogen-bond donors (Lipinski definition) is 2. The van der Waals surface area contributed by atoms with Gasteiger partial charge >= 0.3 is 0 Å². The first-order valence-corrected chi connectivity index (χ1v) is 9.07. The van der Waals surface area contributed by atoms with Crippen molar-refractivity contribution in [2.45, 2.75) is 25.4 Å². The molecule has 2 aromatic carbocycles. The lowest BCUT2D eigenvalue weighted by molar-refractivity contribution is -0.115. The fraction of sp³-hybridized carbons (Fsp3) is 0.333. The number of ether oxygens (including phenoxy) is 2. The van der Waals surface area contributed by atoms with Gasteiger partial charge in [0.05, 0.1) is 30.9 Å². The van der Waals surface area contributed by atoms with Crippen LogP contribution in [-0.4, -0.2) is 38.2 Å². The second kappa shape index (κ2) is 9.19. The Bertz CT molecular complexity index is 783. The maximum atomic E-state index is 12.5. The number of para-hydroxylation sites is 1. The van der Waals surface area contributed by atoms with Crippen molar-refractivity contribution in [3.63, 3.8) is 0 Å². The molecule has 3 rings (SSSR count). The van der Waals surface area contributed by atoms with E-state index in [0.717, 1.165) is 30.8 Å². The first-order chi connectivity index (χ1) is 13.2. The molecule has 0 unspecified atom stereocenters. The molecule has 27 heavy (non-hydrogen) atoms. The van der Waals surface area contributed by atoms with E-state index in [1.807, 2.05) is 24.3 Å². The summed E-state index contributed by atoms with van der Waals surface area (Å²) in [7, 11) is 1.60. The number of carbonyl (C=O) groups excluding carboxylic acids is 2. The van der Waals surface area contributed by atoms with Crippen LogP contribution in [0.5, 0.6) is 5.75 Å². The molecule has 6 heteroatoms. The van der Waals surface area contributed by atoms with Gasteiger partial charge in [-0.1, -0.05) is 24.3 Å². The van der Waals surface area contributed by atoms with Gasteiger partial charge in [-0.25, -0.2) is 0 Å². The molecule has 142 valence electrons. The van der Waals surface area contributed by atoms with Gasteiger partial charge < -0.3 is 20.1 Å². The highest BCUT2D eigenvalue weighted by Crippen LogP contribution is 2.17. The monoisotopic (exact) mass is 368 g/mol. The fourth-order valence-electron chi connectivity index (χ4n) is 3.02. The van der Waals surface area contributed by atoms with Crippen LogP contribution in [0.2, 0.25) is 0 Å². The third-order valence-electron chi connectivity index (χ3n) is 4.48. The number of anilines is 1. The van der Waals surface area contributed by atoms with Crippen molar-refractivity contribution < 1.29 is 19.1 Å². The van der Waals surface area contributed by atoms with E-state index in [4.69, 9.17) is 9.47 Å². The molecule has 2 aromatic rings. The molecule has 0 radical (unpaired) electrons. The summed E-state index contributed by atoms with van der Waals surface area (Å²) in [6.07, 6.45) is 2.28. The molecular weight excluding hydrogens is 344 g/mol. The molecule has 1 aliphatic rings. The Morgan fingerprint density at radius 3 is 2.63 bits per heavy atom. The number of carbonyl (C=O) groups is 2. The zero-order valence-electron chi connectivity index (χ0n) is 15.4. The van der Waals surface area contributed by atoms with Crippen LogP contribution in [-0.2, 0) is 16.0 Å². The van der Waals surface area contributed by atoms with Crippen LogP contribution < -0.4 is 15.4 Å². The molecule has 0 aliphatic carbocycles. The lowest BCUT2D eigenvalue weighted by atomic mass is 10.1. The van der Waals surface area contributed by atoms with Gasteiger partial charge in [0, 0.05) is 13.2 Å². The summed E-state index contributed by atoms with van der Waals surface area (Å²) < 4.78 is 10.6. The van der Waals surface area contributed by atoms with E-state index in [1.54, 1.807) is 31.4 Å². The van der Waals surface area contributed by atoms with E-state index in [9.17, 15) is 9.59 Å². The minimum atomic E-state index is -0.217. The second-order valence-electron chi connectivity index (χ2n) is 6.46. The molecule has 1 atom stereocenters. The van der Waals surface area contributed by atoms with Crippen molar-refractivity contribution in [2.24, 2.45) is 0 Å². The smallest absolute Gasteiger partial charge is 0.253 e. The van der Waals surface area contributed by atoms with Crippen LogP contribution in [0.15, 0.2) is 48.5 Å². The Hall–Kier alpha value is -2.86. The van der Waals surface area contributed by atoms with Crippen LogP contribution in [0.25, 0.3) is 0 Å². The topological polar surface area (TPSA) is 76.7 Å². The molecular formula is C21H24N2O4. The lowest BCUT2D eigenvalue weighted by Gasteiger charge is -2.14. The second-order valence-corrected chi connectivity index (χ2v) is 6.46. The average molecular weight is 368 g/mol. The van der Waals surface area contributed by atoms with Gasteiger partial charge in [0.1, 0.15) is 5.75 Å². The predicted octanol–water partition coefficient (Wildman–Crippen LogP) is 2.79. The number of hydrogen-bond acceptors (Lipinski definition) is 4. The predicted molar refractivity (Wildman–Crippen MR) is 103 cm³/mol. The van der Waals surface area contributed by atoms with E-state index in [2.05, 4.69) is 10.6 Å². The van der Waals surface area contributed by atoms with Crippen molar-refractivity contribution in [1.29, 1.82) is 0 Å². The number of methoxy groups -OCH3 is 1. The molecule has 0 aromatic heterocycles. The lowest BCUT2D eigenvalue weighted by Crippen LogP contribution is -2.32. The number of amides is 2. The Balaban J connectivity index is 1.60. The molecule has 0 spiro atoms. The van der Waals surface area contributed by atoms with E-state index in [0.29, 0.717) is 17.8 Å². The van der Waals surface area contributed by atoms with E-state index >= 15 is 0 Å². The highest BCUT2D eigenvalue weighted by molar-refractivity contribution is 6.04. The molecule has 2 N–H and O–H groups in total. The van der Waals surface area contributed by atoms with Crippen molar-refractivity contribution in [1.82, 2.24) is 5.32 Å². The molecule has 1 heterocycles. The van der Waals surface area contributed by atoms with Crippen LogP contribution in [0.3, 0.4) is 0 Å². The minimum Gasteiger partial charge on any atom is -0.497 e. The summed E-state index contributed by atoms with van der Waals surface area (Å²) in [6.45, 7) is 1.23. The Labute approximate surface area is 158 Å². The summed E-state index contributed by atoms with van der Waals surface area (Å²) in [6, 6.07) is 14.3. The van der Waals surface area contributed by atoms with Crippen LogP contribution in [0, 0.1) is 0 Å². The van der Waals surface area contributed by atoms with Crippen molar-refractivity contribution in [3.8, 4) is 5.75 Å². The standard InChI is InChI=1S/C21H24N2O4/c1-26-16-10-8-15(9-11-16)13-20(24)23-19-7-3-2-6-18(19)21(25)22-14-17-5-4-12-27-17/h2-3,6-11,17H,4-5,12-14H2,1H3,(H,22,25)(H,23,24)/t17-/m0/s1. The minimum absolute atomic E-state index is 0.0748. The fourth-order valence-corrected chi connectivity index (χ4v) is 3.02. The van der Waals surface area contributed by atoms with E-state index < -0.39 is 0 Å². The van der Waals surface area contributed by atoms with E-state index in [-0.39, 0.29) is 24.3 Å². The van der Waals surface area contributed by atoms with Crippen molar-refractivity contribution in [2.75, 3.05) is 25.6 Å². The Morgan fingerprint density at radius 1 is 1.15 bits per heavy atom. The number of nitrogens with one attached hydrogen (secondary N) is 2. The van der Waals surface area contributed by atoms with E-state index in [1.165, 1.54) is 0 Å². The first kappa shape index (κ1) is 18.9. The summed E-state index contributed by atoms with van der Waals surface area (Å²) in [5.74, 6) is 0.345. The number of benzene rings is 2. The first-order valence-electron chi connectivity index (χ1n) is 9.07. The summed E-state index contributed by atoms with van der Waals surface area (Å²) >= 11 is 0. The van der Waals surface area contributed by atoms with Gasteiger partial charge in [0.15, 0.2) is 0 Å². The molecule has 0 saturated carbocycles. The van der Waals surface area contributed by atoms with Crippen molar-refractivity contribution >= 4 is 17.5 Å². The van der Waals surface area contributed by atoms with Crippen LogP contribution in [0.1, 0.15) is 28.8 Å². The molecule has 1 aliphatic heterocycles. The molecule has 0 bridgehead atoms. The van der Waals surface area contributed by atoms with Gasteiger partial charge in [-0.05, 0) is 42.7 Å².